The molecule has 1 aliphatic heterocycles. The van der Waals surface area contributed by atoms with Crippen LogP contribution in [0.4, 0.5) is 5.69 Å². The maximum Gasteiger partial charge on any atom is 0.257 e. The van der Waals surface area contributed by atoms with Gasteiger partial charge in [-0.15, -0.1) is 0 Å². The van der Waals surface area contributed by atoms with Crippen molar-refractivity contribution in [3.8, 4) is 11.5 Å². The molecule has 1 aliphatic rings. The fraction of sp³-hybridized carbons (Fsp3) is 0.118. The van der Waals surface area contributed by atoms with E-state index in [1.54, 1.807) is 42.5 Å². The zero-order valence-electron chi connectivity index (χ0n) is 12.8. The molecule has 0 saturated heterocycles. The first-order valence-corrected chi connectivity index (χ1v) is 7.57. The Balaban J connectivity index is 1.65. The van der Waals surface area contributed by atoms with Gasteiger partial charge in [0.2, 0.25) is 6.79 Å². The summed E-state index contributed by atoms with van der Waals surface area (Å²) in [6.45, 7) is 1.63. The molecule has 6 nitrogen and oxygen atoms in total. The van der Waals surface area contributed by atoms with Crippen LogP contribution in [0, 0.1) is 0 Å². The van der Waals surface area contributed by atoms with Crippen LogP contribution in [0.25, 0.3) is 0 Å². The molecular weight excluding hydrogens is 328 g/mol. The molecule has 1 heterocycles. The number of thiocarbonyl (C=S) groups is 1. The molecule has 0 spiro atoms. The topological polar surface area (TPSA) is 76.7 Å². The molecule has 0 fully saturated rings. The molecule has 24 heavy (non-hydrogen) atoms. The van der Waals surface area contributed by atoms with Gasteiger partial charge in [-0.3, -0.25) is 14.9 Å². The summed E-state index contributed by atoms with van der Waals surface area (Å²) in [6.07, 6.45) is 0. The molecule has 2 aromatic carbocycles. The molecule has 0 radical (unpaired) electrons. The lowest BCUT2D eigenvalue weighted by Gasteiger charge is -2.10. The van der Waals surface area contributed by atoms with Crippen LogP contribution in [0.1, 0.15) is 27.6 Å². The molecule has 2 aromatic rings. The lowest BCUT2D eigenvalue weighted by molar-refractivity contribution is 0.0975. The summed E-state index contributed by atoms with van der Waals surface area (Å²) in [4.78, 5) is 23.6. The zero-order chi connectivity index (χ0) is 17.1. The smallest absolute Gasteiger partial charge is 0.257 e. The molecule has 1 amide bonds. The molecule has 0 aromatic heterocycles. The number of anilines is 1. The zero-order valence-corrected chi connectivity index (χ0v) is 13.6. The highest BCUT2D eigenvalue weighted by molar-refractivity contribution is 7.80. The first kappa shape index (κ1) is 15.9. The van der Waals surface area contributed by atoms with E-state index in [2.05, 4.69) is 10.6 Å². The fourth-order valence-electron chi connectivity index (χ4n) is 2.19. The van der Waals surface area contributed by atoms with Gasteiger partial charge in [0.15, 0.2) is 22.4 Å². The van der Waals surface area contributed by atoms with Crippen molar-refractivity contribution in [2.75, 3.05) is 12.1 Å². The van der Waals surface area contributed by atoms with E-state index in [1.807, 2.05) is 0 Å². The molecule has 3 rings (SSSR count). The van der Waals surface area contributed by atoms with Crippen molar-refractivity contribution in [2.24, 2.45) is 0 Å². The number of benzene rings is 2. The predicted octanol–water partition coefficient (Wildman–Crippen LogP) is 2.74. The number of carbonyl (C=O) groups excluding carboxylic acids is 2. The number of nitrogens with one attached hydrogen (secondary N) is 2. The molecule has 0 atom stereocenters. The first-order valence-electron chi connectivity index (χ1n) is 7.16. The van der Waals surface area contributed by atoms with Crippen LogP contribution >= 0.6 is 12.2 Å². The van der Waals surface area contributed by atoms with Crippen molar-refractivity contribution in [1.29, 1.82) is 0 Å². The van der Waals surface area contributed by atoms with Gasteiger partial charge in [0, 0.05) is 16.8 Å². The monoisotopic (exact) mass is 342 g/mol. The number of amides is 1. The van der Waals surface area contributed by atoms with E-state index in [0.29, 0.717) is 28.3 Å². The molecule has 0 unspecified atom stereocenters. The van der Waals surface area contributed by atoms with E-state index >= 15 is 0 Å². The van der Waals surface area contributed by atoms with Gasteiger partial charge < -0.3 is 14.8 Å². The van der Waals surface area contributed by atoms with Gasteiger partial charge in [-0.05, 0) is 49.5 Å². The third-order valence-electron chi connectivity index (χ3n) is 3.39. The van der Waals surface area contributed by atoms with Gasteiger partial charge in [0.05, 0.1) is 0 Å². The maximum atomic E-state index is 12.2. The van der Waals surface area contributed by atoms with Gasteiger partial charge in [0.25, 0.3) is 5.91 Å². The summed E-state index contributed by atoms with van der Waals surface area (Å²) in [7, 11) is 0. The quantitative estimate of drug-likeness (QED) is 0.660. The van der Waals surface area contributed by atoms with Crippen molar-refractivity contribution in [3.05, 3.63) is 53.6 Å². The number of hydrogen-bond acceptors (Lipinski definition) is 5. The molecule has 0 saturated carbocycles. The summed E-state index contributed by atoms with van der Waals surface area (Å²) in [5.41, 5.74) is 1.59. The standard InChI is InChI=1S/C17H14N2O4S/c1-10(20)11-3-2-4-13(7-11)18-17(24)19-16(21)12-5-6-14-15(8-12)23-9-22-14/h2-8H,9H2,1H3,(H2,18,19,21,24). The Labute approximate surface area is 143 Å². The number of ether oxygens (including phenoxy) is 2. The lowest BCUT2D eigenvalue weighted by Crippen LogP contribution is -2.34. The van der Waals surface area contributed by atoms with Crippen LogP contribution in [-0.2, 0) is 0 Å². The number of hydrogen-bond donors (Lipinski definition) is 2. The molecule has 0 bridgehead atoms. The third-order valence-corrected chi connectivity index (χ3v) is 3.59. The highest BCUT2D eigenvalue weighted by Gasteiger charge is 2.16. The van der Waals surface area contributed by atoms with E-state index in [4.69, 9.17) is 21.7 Å². The molecule has 7 heteroatoms. The lowest BCUT2D eigenvalue weighted by atomic mass is 10.1. The predicted molar refractivity (Wildman–Crippen MR) is 92.7 cm³/mol. The highest BCUT2D eigenvalue weighted by atomic mass is 32.1. The van der Waals surface area contributed by atoms with Crippen LogP contribution in [0.5, 0.6) is 11.5 Å². The summed E-state index contributed by atoms with van der Waals surface area (Å²) in [5, 5.41) is 5.60. The Morgan fingerprint density at radius 3 is 2.62 bits per heavy atom. The Morgan fingerprint density at radius 1 is 1.04 bits per heavy atom. The van der Waals surface area contributed by atoms with Crippen molar-refractivity contribution in [3.63, 3.8) is 0 Å². The molecule has 122 valence electrons. The Morgan fingerprint density at radius 2 is 1.83 bits per heavy atom. The number of rotatable bonds is 3. The van der Waals surface area contributed by atoms with Gasteiger partial charge >= 0.3 is 0 Å². The SMILES string of the molecule is CC(=O)c1cccc(NC(=S)NC(=O)c2ccc3c(c2)OCO3)c1. The van der Waals surface area contributed by atoms with Gasteiger partial charge in [-0.2, -0.15) is 0 Å². The van der Waals surface area contributed by atoms with Crippen molar-refractivity contribution in [1.82, 2.24) is 5.32 Å². The number of Topliss-reactive ketones (excluding diaryl/α,β-unsaturated/α-hetero) is 1. The Hall–Kier alpha value is -2.93. The molecule has 0 aliphatic carbocycles. The van der Waals surface area contributed by atoms with E-state index in [9.17, 15) is 9.59 Å². The molecular formula is C17H14N2O4S. The maximum absolute atomic E-state index is 12.2. The minimum atomic E-state index is -0.367. The second kappa shape index (κ2) is 6.67. The molecule has 2 N–H and O–H groups in total. The first-order chi connectivity index (χ1) is 11.5. The highest BCUT2D eigenvalue weighted by Crippen LogP contribution is 2.32. The van der Waals surface area contributed by atoms with Crippen LogP contribution in [0.15, 0.2) is 42.5 Å². The second-order valence-electron chi connectivity index (χ2n) is 5.11. The largest absolute Gasteiger partial charge is 0.454 e. The number of fused-ring (bicyclic) bond motifs is 1. The van der Waals surface area contributed by atoms with Gasteiger partial charge in [-0.25, -0.2) is 0 Å². The summed E-state index contributed by atoms with van der Waals surface area (Å²) < 4.78 is 10.4. The van der Waals surface area contributed by atoms with E-state index in [1.165, 1.54) is 6.92 Å². The Bertz CT molecular complexity index is 835. The van der Waals surface area contributed by atoms with E-state index in [0.717, 1.165) is 0 Å². The average molecular weight is 342 g/mol. The van der Waals surface area contributed by atoms with Crippen LogP contribution in [0.3, 0.4) is 0 Å². The number of carbonyl (C=O) groups is 2. The van der Waals surface area contributed by atoms with E-state index in [-0.39, 0.29) is 23.6 Å². The number of ketones is 1. The fourth-order valence-corrected chi connectivity index (χ4v) is 2.40. The van der Waals surface area contributed by atoms with Crippen LogP contribution in [-0.4, -0.2) is 23.6 Å². The summed E-state index contributed by atoms with van der Waals surface area (Å²) in [6, 6.07) is 11.8. The van der Waals surface area contributed by atoms with Crippen LogP contribution < -0.4 is 20.1 Å². The summed E-state index contributed by atoms with van der Waals surface area (Å²) >= 11 is 5.14. The minimum Gasteiger partial charge on any atom is -0.454 e. The minimum absolute atomic E-state index is 0.0473. The van der Waals surface area contributed by atoms with Crippen molar-refractivity contribution in [2.45, 2.75) is 6.92 Å². The van der Waals surface area contributed by atoms with Gasteiger partial charge in [0.1, 0.15) is 0 Å². The normalized spacial score (nSPS) is 11.7. The van der Waals surface area contributed by atoms with Gasteiger partial charge in [-0.1, -0.05) is 12.1 Å². The van der Waals surface area contributed by atoms with E-state index < -0.39 is 0 Å². The van der Waals surface area contributed by atoms with Crippen molar-refractivity contribution >= 4 is 34.7 Å². The van der Waals surface area contributed by atoms with Crippen LogP contribution in [0.2, 0.25) is 0 Å². The second-order valence-corrected chi connectivity index (χ2v) is 5.52. The average Bonchev–Trinajstić information content (AvgIpc) is 3.02. The Kier molecular flexibility index (Phi) is 4.43. The van der Waals surface area contributed by atoms with Crippen molar-refractivity contribution < 1.29 is 19.1 Å². The summed E-state index contributed by atoms with van der Waals surface area (Å²) in [5.74, 6) is 0.714. The third kappa shape index (κ3) is 3.52.